The van der Waals surface area contributed by atoms with Gasteiger partial charge in [-0.3, -0.25) is 9.59 Å². The standard InChI is InChI=1S/C20H24N4O3/c1-23(12-17-10-18(22-27-17)14-5-3-2-4-6-14)20(26)13-24-11-16-8-7-15(21-16)9-19(24)25/h2-6,10,15-16,21H,7-9,11-13H2,1H3. The largest absolute Gasteiger partial charge is 0.359 e. The minimum absolute atomic E-state index is 0.0579. The van der Waals surface area contributed by atoms with Gasteiger partial charge in [0, 0.05) is 43.7 Å². The van der Waals surface area contributed by atoms with Crippen molar-refractivity contribution in [3.05, 3.63) is 42.2 Å². The Balaban J connectivity index is 1.35. The minimum atomic E-state index is -0.0983. The predicted octanol–water partition coefficient (Wildman–Crippen LogP) is 1.65. The summed E-state index contributed by atoms with van der Waals surface area (Å²) in [6, 6.07) is 12.2. The van der Waals surface area contributed by atoms with Crippen LogP contribution in [0.3, 0.4) is 0 Å². The molecule has 2 fully saturated rings. The number of carbonyl (C=O) groups is 2. The van der Waals surface area contributed by atoms with Crippen molar-refractivity contribution in [2.75, 3.05) is 20.1 Å². The van der Waals surface area contributed by atoms with Gasteiger partial charge in [-0.05, 0) is 12.8 Å². The molecule has 2 aliphatic heterocycles. The van der Waals surface area contributed by atoms with Crippen molar-refractivity contribution in [3.63, 3.8) is 0 Å². The van der Waals surface area contributed by atoms with Crippen molar-refractivity contribution < 1.29 is 14.1 Å². The molecule has 7 heteroatoms. The SMILES string of the molecule is CN(Cc1cc(-c2ccccc2)no1)C(=O)CN1CC2CCC(CC1=O)N2. The second-order valence-electron chi connectivity index (χ2n) is 7.41. The summed E-state index contributed by atoms with van der Waals surface area (Å²) in [4.78, 5) is 28.2. The molecule has 1 N–H and O–H groups in total. The highest BCUT2D eigenvalue weighted by molar-refractivity contribution is 5.85. The lowest BCUT2D eigenvalue weighted by atomic mass is 10.1. The molecule has 1 aromatic heterocycles. The fraction of sp³-hybridized carbons (Fsp3) is 0.450. The fourth-order valence-corrected chi connectivity index (χ4v) is 3.81. The van der Waals surface area contributed by atoms with Crippen molar-refractivity contribution in [2.24, 2.45) is 0 Å². The van der Waals surface area contributed by atoms with Crippen LogP contribution in [0.5, 0.6) is 0 Å². The molecule has 4 rings (SSSR count). The van der Waals surface area contributed by atoms with Crippen LogP contribution in [0.15, 0.2) is 40.9 Å². The average Bonchev–Trinajstić information content (AvgIpc) is 3.27. The lowest BCUT2D eigenvalue weighted by Gasteiger charge is -2.26. The monoisotopic (exact) mass is 368 g/mol. The van der Waals surface area contributed by atoms with Crippen molar-refractivity contribution >= 4 is 11.8 Å². The third-order valence-electron chi connectivity index (χ3n) is 5.32. The Bertz CT molecular complexity index is 820. The number of amides is 2. The van der Waals surface area contributed by atoms with E-state index in [1.807, 2.05) is 36.4 Å². The number of nitrogens with one attached hydrogen (secondary N) is 1. The van der Waals surface area contributed by atoms with E-state index in [9.17, 15) is 9.59 Å². The molecule has 3 heterocycles. The first-order chi connectivity index (χ1) is 13.1. The zero-order chi connectivity index (χ0) is 18.8. The zero-order valence-corrected chi connectivity index (χ0v) is 15.4. The molecule has 27 heavy (non-hydrogen) atoms. The summed E-state index contributed by atoms with van der Waals surface area (Å²) in [5.41, 5.74) is 1.72. The molecule has 2 unspecified atom stereocenters. The number of likely N-dealkylation sites (N-methyl/N-ethyl adjacent to an activating group) is 1. The average molecular weight is 368 g/mol. The number of hydrogen-bond donors (Lipinski definition) is 1. The van der Waals surface area contributed by atoms with Crippen LogP contribution in [0.25, 0.3) is 11.3 Å². The van der Waals surface area contributed by atoms with Crippen molar-refractivity contribution in [2.45, 2.75) is 37.9 Å². The van der Waals surface area contributed by atoms with E-state index in [0.717, 1.165) is 24.1 Å². The number of hydrogen-bond acceptors (Lipinski definition) is 5. The van der Waals surface area contributed by atoms with Crippen LogP contribution in [0.2, 0.25) is 0 Å². The summed E-state index contributed by atoms with van der Waals surface area (Å²) in [5.74, 6) is 0.578. The number of likely N-dealkylation sites (tertiary alicyclic amines) is 1. The first-order valence-corrected chi connectivity index (χ1v) is 9.37. The fourth-order valence-electron chi connectivity index (χ4n) is 3.81. The summed E-state index contributed by atoms with van der Waals surface area (Å²) < 4.78 is 5.38. The third kappa shape index (κ3) is 4.03. The van der Waals surface area contributed by atoms with Crippen LogP contribution in [-0.4, -0.2) is 59.0 Å². The van der Waals surface area contributed by atoms with Crippen LogP contribution in [-0.2, 0) is 16.1 Å². The van der Waals surface area contributed by atoms with Gasteiger partial charge >= 0.3 is 0 Å². The number of aromatic nitrogens is 1. The summed E-state index contributed by atoms with van der Waals surface area (Å²) >= 11 is 0. The zero-order valence-electron chi connectivity index (χ0n) is 15.4. The second kappa shape index (κ2) is 7.52. The van der Waals surface area contributed by atoms with Gasteiger partial charge in [-0.15, -0.1) is 0 Å². The van der Waals surface area contributed by atoms with Gasteiger partial charge in [0.05, 0.1) is 13.1 Å². The molecule has 2 bridgehead atoms. The highest BCUT2D eigenvalue weighted by atomic mass is 16.5. The molecule has 142 valence electrons. The van der Waals surface area contributed by atoms with Gasteiger partial charge in [0.2, 0.25) is 11.8 Å². The summed E-state index contributed by atoms with van der Waals surface area (Å²) in [5, 5.41) is 7.54. The summed E-state index contributed by atoms with van der Waals surface area (Å²) in [7, 11) is 1.72. The van der Waals surface area contributed by atoms with E-state index in [4.69, 9.17) is 4.52 Å². The van der Waals surface area contributed by atoms with Crippen LogP contribution in [0.1, 0.15) is 25.0 Å². The third-order valence-corrected chi connectivity index (χ3v) is 5.32. The molecule has 0 spiro atoms. The van der Waals surface area contributed by atoms with E-state index in [1.54, 1.807) is 16.8 Å². The molecule has 1 aromatic carbocycles. The van der Waals surface area contributed by atoms with Gasteiger partial charge in [-0.2, -0.15) is 0 Å². The van der Waals surface area contributed by atoms with Gasteiger partial charge in [0.25, 0.3) is 0 Å². The maximum absolute atomic E-state index is 12.6. The first-order valence-electron chi connectivity index (χ1n) is 9.37. The molecule has 0 radical (unpaired) electrons. The van der Waals surface area contributed by atoms with E-state index in [1.165, 1.54) is 0 Å². The maximum atomic E-state index is 12.6. The topological polar surface area (TPSA) is 78.7 Å². The Morgan fingerprint density at radius 3 is 2.89 bits per heavy atom. The molecule has 2 aliphatic rings. The Morgan fingerprint density at radius 1 is 1.30 bits per heavy atom. The molecule has 2 atom stereocenters. The molecular weight excluding hydrogens is 344 g/mol. The first kappa shape index (κ1) is 17.7. The predicted molar refractivity (Wildman–Crippen MR) is 99.6 cm³/mol. The molecule has 2 saturated heterocycles. The van der Waals surface area contributed by atoms with Crippen molar-refractivity contribution in [3.8, 4) is 11.3 Å². The Labute approximate surface area is 158 Å². The van der Waals surface area contributed by atoms with Gasteiger partial charge in [-0.25, -0.2) is 0 Å². The van der Waals surface area contributed by atoms with Crippen molar-refractivity contribution in [1.29, 1.82) is 0 Å². The van der Waals surface area contributed by atoms with E-state index in [2.05, 4.69) is 10.5 Å². The molecule has 0 aliphatic carbocycles. The van der Waals surface area contributed by atoms with Gasteiger partial charge < -0.3 is 19.6 Å². The highest BCUT2D eigenvalue weighted by Crippen LogP contribution is 2.22. The smallest absolute Gasteiger partial charge is 0.242 e. The Hall–Kier alpha value is -2.67. The number of nitrogens with zero attached hydrogens (tertiary/aromatic N) is 3. The molecule has 2 aromatic rings. The highest BCUT2D eigenvalue weighted by Gasteiger charge is 2.34. The van der Waals surface area contributed by atoms with Crippen molar-refractivity contribution in [1.82, 2.24) is 20.3 Å². The number of fused-ring (bicyclic) bond motifs is 2. The normalized spacial score (nSPS) is 22.0. The van der Waals surface area contributed by atoms with Crippen LogP contribution < -0.4 is 5.32 Å². The molecular formula is C20H24N4O3. The van der Waals surface area contributed by atoms with E-state index in [0.29, 0.717) is 31.3 Å². The summed E-state index contributed by atoms with van der Waals surface area (Å²) in [6.07, 6.45) is 2.60. The number of rotatable bonds is 5. The second-order valence-corrected chi connectivity index (χ2v) is 7.41. The quantitative estimate of drug-likeness (QED) is 0.868. The minimum Gasteiger partial charge on any atom is -0.359 e. The van der Waals surface area contributed by atoms with E-state index >= 15 is 0 Å². The molecule has 7 nitrogen and oxygen atoms in total. The Morgan fingerprint density at radius 2 is 2.07 bits per heavy atom. The summed E-state index contributed by atoms with van der Waals surface area (Å²) in [6.45, 7) is 1.04. The van der Waals surface area contributed by atoms with Crippen LogP contribution in [0, 0.1) is 0 Å². The lowest BCUT2D eigenvalue weighted by molar-refractivity contribution is -0.140. The maximum Gasteiger partial charge on any atom is 0.242 e. The van der Waals surface area contributed by atoms with E-state index in [-0.39, 0.29) is 24.4 Å². The van der Waals surface area contributed by atoms with Crippen LogP contribution >= 0.6 is 0 Å². The molecule has 2 amide bonds. The Kier molecular flexibility index (Phi) is 4.94. The number of benzene rings is 1. The lowest BCUT2D eigenvalue weighted by Crippen LogP contribution is -2.44. The van der Waals surface area contributed by atoms with Gasteiger partial charge in [-0.1, -0.05) is 35.5 Å². The van der Waals surface area contributed by atoms with Crippen LogP contribution in [0.4, 0.5) is 0 Å². The van der Waals surface area contributed by atoms with Gasteiger partial charge in [0.1, 0.15) is 5.69 Å². The van der Waals surface area contributed by atoms with E-state index < -0.39 is 0 Å². The molecule has 0 saturated carbocycles. The van der Waals surface area contributed by atoms with Gasteiger partial charge in [0.15, 0.2) is 5.76 Å². The number of carbonyl (C=O) groups excluding carboxylic acids is 2.